The summed E-state index contributed by atoms with van der Waals surface area (Å²) in [5.41, 5.74) is 1.50. The van der Waals surface area contributed by atoms with Crippen LogP contribution in [0.2, 0.25) is 0 Å². The van der Waals surface area contributed by atoms with E-state index in [-0.39, 0.29) is 17.0 Å². The van der Waals surface area contributed by atoms with Crippen molar-refractivity contribution >= 4 is 5.91 Å². The van der Waals surface area contributed by atoms with E-state index in [1.54, 1.807) is 11.9 Å². The molecule has 0 saturated carbocycles. The molecule has 0 bridgehead atoms. The van der Waals surface area contributed by atoms with E-state index < -0.39 is 0 Å². The fourth-order valence-electron chi connectivity index (χ4n) is 3.16. The molecule has 5 heteroatoms. The van der Waals surface area contributed by atoms with Gasteiger partial charge in [-0.05, 0) is 64.8 Å². The summed E-state index contributed by atoms with van der Waals surface area (Å²) in [5, 5.41) is 0. The standard InChI is InChI=1S/C17H27N3O2/c1-12-11-13(2)18-16(21)15(12)17(22)19(4)10-7-14(3)20-8-5-6-9-20/h11,14H,5-10H2,1-4H3,(H,18,21). The zero-order chi connectivity index (χ0) is 16.3. The van der Waals surface area contributed by atoms with E-state index in [1.807, 2.05) is 19.9 Å². The lowest BCUT2D eigenvalue weighted by atomic mass is 10.1. The fourth-order valence-corrected chi connectivity index (χ4v) is 3.16. The van der Waals surface area contributed by atoms with Gasteiger partial charge in [0.25, 0.3) is 11.5 Å². The summed E-state index contributed by atoms with van der Waals surface area (Å²) in [6.45, 7) is 8.85. The van der Waals surface area contributed by atoms with Crippen LogP contribution in [0.5, 0.6) is 0 Å². The number of aryl methyl sites for hydroxylation is 2. The molecular formula is C17H27N3O2. The Kier molecular flexibility index (Phi) is 5.40. The minimum atomic E-state index is -0.290. The number of carbonyl (C=O) groups excluding carboxylic acids is 1. The summed E-state index contributed by atoms with van der Waals surface area (Å²) in [6, 6.07) is 2.32. The van der Waals surface area contributed by atoms with E-state index >= 15 is 0 Å². The van der Waals surface area contributed by atoms with Crippen molar-refractivity contribution in [3.05, 3.63) is 33.2 Å². The summed E-state index contributed by atoms with van der Waals surface area (Å²) in [7, 11) is 1.78. The Hall–Kier alpha value is -1.62. The highest BCUT2D eigenvalue weighted by atomic mass is 16.2. The molecule has 1 unspecified atom stereocenters. The second-order valence-corrected chi connectivity index (χ2v) is 6.45. The molecule has 2 rings (SSSR count). The molecule has 0 spiro atoms. The normalized spacial score (nSPS) is 16.7. The van der Waals surface area contributed by atoms with Gasteiger partial charge in [0.2, 0.25) is 0 Å². The molecule has 1 fully saturated rings. The van der Waals surface area contributed by atoms with Crippen LogP contribution in [0.15, 0.2) is 10.9 Å². The number of amides is 1. The first-order valence-electron chi connectivity index (χ1n) is 8.10. The SMILES string of the molecule is Cc1cc(C)c(C(=O)N(C)CCC(C)N2CCCC2)c(=O)[nH]1. The average Bonchev–Trinajstić information content (AvgIpc) is 2.97. The highest BCUT2D eigenvalue weighted by molar-refractivity contribution is 5.95. The van der Waals surface area contributed by atoms with Gasteiger partial charge in [-0.25, -0.2) is 0 Å². The Morgan fingerprint density at radius 2 is 2.00 bits per heavy atom. The van der Waals surface area contributed by atoms with Crippen molar-refractivity contribution in [2.75, 3.05) is 26.7 Å². The molecule has 1 N–H and O–H groups in total. The Labute approximate surface area is 132 Å². The first kappa shape index (κ1) is 16.7. The largest absolute Gasteiger partial charge is 0.341 e. The third-order valence-electron chi connectivity index (χ3n) is 4.57. The van der Waals surface area contributed by atoms with Crippen LogP contribution in [0.25, 0.3) is 0 Å². The monoisotopic (exact) mass is 305 g/mol. The van der Waals surface area contributed by atoms with E-state index in [9.17, 15) is 9.59 Å². The lowest BCUT2D eigenvalue weighted by Crippen LogP contribution is -2.37. The number of aromatic amines is 1. The van der Waals surface area contributed by atoms with Gasteiger partial charge in [-0.3, -0.25) is 9.59 Å². The van der Waals surface area contributed by atoms with Gasteiger partial charge in [0, 0.05) is 25.3 Å². The van der Waals surface area contributed by atoms with Crippen LogP contribution in [0, 0.1) is 13.8 Å². The van der Waals surface area contributed by atoms with Gasteiger partial charge in [0.15, 0.2) is 0 Å². The molecular weight excluding hydrogens is 278 g/mol. The molecule has 0 radical (unpaired) electrons. The van der Waals surface area contributed by atoms with Crippen molar-refractivity contribution in [3.63, 3.8) is 0 Å². The van der Waals surface area contributed by atoms with Gasteiger partial charge in [-0.15, -0.1) is 0 Å². The van der Waals surface area contributed by atoms with Crippen LogP contribution in [0.4, 0.5) is 0 Å². The Morgan fingerprint density at radius 1 is 1.36 bits per heavy atom. The first-order valence-corrected chi connectivity index (χ1v) is 8.10. The Balaban J connectivity index is 1.99. The fraction of sp³-hybridized carbons (Fsp3) is 0.647. The molecule has 1 amide bonds. The van der Waals surface area contributed by atoms with Crippen LogP contribution >= 0.6 is 0 Å². The third-order valence-corrected chi connectivity index (χ3v) is 4.57. The van der Waals surface area contributed by atoms with Gasteiger partial charge >= 0.3 is 0 Å². The maximum Gasteiger partial charge on any atom is 0.261 e. The second-order valence-electron chi connectivity index (χ2n) is 6.45. The lowest BCUT2D eigenvalue weighted by Gasteiger charge is -2.26. The molecule has 1 aromatic heterocycles. The van der Waals surface area contributed by atoms with Crippen molar-refractivity contribution in [1.29, 1.82) is 0 Å². The van der Waals surface area contributed by atoms with Gasteiger partial charge in [-0.1, -0.05) is 0 Å². The highest BCUT2D eigenvalue weighted by Crippen LogP contribution is 2.14. The number of nitrogens with one attached hydrogen (secondary N) is 1. The van der Waals surface area contributed by atoms with Gasteiger partial charge in [0.05, 0.1) is 0 Å². The lowest BCUT2D eigenvalue weighted by molar-refractivity contribution is 0.0779. The minimum absolute atomic E-state index is 0.188. The first-order chi connectivity index (χ1) is 10.4. The quantitative estimate of drug-likeness (QED) is 0.904. The van der Waals surface area contributed by atoms with E-state index in [1.165, 1.54) is 12.8 Å². The molecule has 5 nitrogen and oxygen atoms in total. The van der Waals surface area contributed by atoms with E-state index in [0.29, 0.717) is 12.6 Å². The molecule has 0 aromatic carbocycles. The van der Waals surface area contributed by atoms with Crippen molar-refractivity contribution in [3.8, 4) is 0 Å². The van der Waals surface area contributed by atoms with Crippen LogP contribution in [-0.4, -0.2) is 53.4 Å². The predicted molar refractivity (Wildman–Crippen MR) is 88.4 cm³/mol. The summed E-state index contributed by atoms with van der Waals surface area (Å²) < 4.78 is 0. The van der Waals surface area contributed by atoms with Gasteiger partial charge < -0.3 is 14.8 Å². The summed E-state index contributed by atoms with van der Waals surface area (Å²) >= 11 is 0. The molecule has 1 aliphatic rings. The van der Waals surface area contributed by atoms with E-state index in [0.717, 1.165) is 30.8 Å². The summed E-state index contributed by atoms with van der Waals surface area (Å²) in [4.78, 5) is 31.4. The van der Waals surface area contributed by atoms with Crippen LogP contribution in [0.3, 0.4) is 0 Å². The van der Waals surface area contributed by atoms with Gasteiger partial charge in [0.1, 0.15) is 5.56 Å². The van der Waals surface area contributed by atoms with Gasteiger partial charge in [-0.2, -0.15) is 0 Å². The summed E-state index contributed by atoms with van der Waals surface area (Å²) in [5.74, 6) is -0.188. The average molecular weight is 305 g/mol. The molecule has 122 valence electrons. The van der Waals surface area contributed by atoms with Crippen LogP contribution in [-0.2, 0) is 0 Å². The maximum atomic E-state index is 12.5. The molecule has 1 saturated heterocycles. The topological polar surface area (TPSA) is 56.4 Å². The number of rotatable bonds is 5. The zero-order valence-corrected chi connectivity index (χ0v) is 14.1. The second kappa shape index (κ2) is 7.09. The van der Waals surface area contributed by atoms with E-state index in [4.69, 9.17) is 0 Å². The number of carbonyl (C=O) groups is 1. The Bertz CT molecular complexity index is 588. The number of pyridine rings is 1. The number of H-pyrrole nitrogens is 1. The zero-order valence-electron chi connectivity index (χ0n) is 14.1. The minimum Gasteiger partial charge on any atom is -0.341 e. The number of aromatic nitrogens is 1. The third kappa shape index (κ3) is 3.77. The van der Waals surface area contributed by atoms with Crippen molar-refractivity contribution < 1.29 is 4.79 Å². The van der Waals surface area contributed by atoms with Crippen LogP contribution in [0.1, 0.15) is 47.8 Å². The highest BCUT2D eigenvalue weighted by Gasteiger charge is 2.21. The summed E-state index contributed by atoms with van der Waals surface area (Å²) in [6.07, 6.45) is 3.49. The molecule has 22 heavy (non-hydrogen) atoms. The molecule has 1 atom stereocenters. The number of hydrogen-bond donors (Lipinski definition) is 1. The molecule has 2 heterocycles. The van der Waals surface area contributed by atoms with E-state index in [2.05, 4.69) is 16.8 Å². The Morgan fingerprint density at radius 3 is 2.59 bits per heavy atom. The van der Waals surface area contributed by atoms with Crippen LogP contribution < -0.4 is 5.56 Å². The molecule has 1 aliphatic heterocycles. The van der Waals surface area contributed by atoms with Crippen molar-refractivity contribution in [2.45, 2.75) is 46.1 Å². The van der Waals surface area contributed by atoms with Crippen molar-refractivity contribution in [2.24, 2.45) is 0 Å². The number of hydrogen-bond acceptors (Lipinski definition) is 3. The predicted octanol–water partition coefficient (Wildman–Crippen LogP) is 1.94. The number of nitrogens with zero attached hydrogens (tertiary/aromatic N) is 2. The number of likely N-dealkylation sites (tertiary alicyclic amines) is 1. The molecule has 1 aromatic rings. The smallest absolute Gasteiger partial charge is 0.261 e. The van der Waals surface area contributed by atoms with Crippen molar-refractivity contribution in [1.82, 2.24) is 14.8 Å². The maximum absolute atomic E-state index is 12.5. The molecule has 0 aliphatic carbocycles.